The van der Waals surface area contributed by atoms with Crippen molar-refractivity contribution in [2.24, 2.45) is 17.3 Å². The molecule has 4 fully saturated rings. The van der Waals surface area contributed by atoms with Gasteiger partial charge in [-0.25, -0.2) is 0 Å². The van der Waals surface area contributed by atoms with E-state index in [1.165, 1.54) is 0 Å². The Morgan fingerprint density at radius 2 is 1.74 bits per heavy atom. The third kappa shape index (κ3) is 2.59. The molecule has 0 aliphatic heterocycles. The molecule has 0 heterocycles. The summed E-state index contributed by atoms with van der Waals surface area (Å²) in [4.78, 5) is 24.8. The number of carbonyl (C=O) groups is 2. The first kappa shape index (κ1) is 14.9. The van der Waals surface area contributed by atoms with Crippen LogP contribution in [-0.4, -0.2) is 29.1 Å². The Hall–Kier alpha value is -1.68. The number of benzene rings is 1. The van der Waals surface area contributed by atoms with Gasteiger partial charge in [0.15, 0.2) is 12.4 Å². The van der Waals surface area contributed by atoms with Gasteiger partial charge < -0.3 is 9.84 Å². The molecule has 0 saturated heterocycles. The molecule has 0 radical (unpaired) electrons. The van der Waals surface area contributed by atoms with E-state index in [0.29, 0.717) is 23.8 Å². The zero-order valence-electron chi connectivity index (χ0n) is 13.2. The van der Waals surface area contributed by atoms with Gasteiger partial charge in [-0.1, -0.05) is 30.3 Å². The topological polar surface area (TPSA) is 63.6 Å². The summed E-state index contributed by atoms with van der Waals surface area (Å²) >= 11 is 0. The maximum atomic E-state index is 12.7. The van der Waals surface area contributed by atoms with Crippen LogP contribution in [0.2, 0.25) is 0 Å². The first-order valence-corrected chi connectivity index (χ1v) is 8.46. The number of ether oxygens (including phenoxy) is 1. The Kier molecular flexibility index (Phi) is 3.34. The standard InChI is InChI=1S/C19H22O4/c20-16(15-4-2-1-3-5-15)11-23-17(21)18-7-13-6-14(8-18)10-19(22,9-13)12-18/h1-5,13-14,22H,6-12H2/t13-,14+,18?,19?. The second kappa shape index (κ2) is 5.17. The lowest BCUT2D eigenvalue weighted by atomic mass is 9.48. The molecule has 4 atom stereocenters. The lowest BCUT2D eigenvalue weighted by Crippen LogP contribution is -2.58. The normalized spacial score (nSPS) is 37.6. The highest BCUT2D eigenvalue weighted by molar-refractivity contribution is 5.98. The van der Waals surface area contributed by atoms with Crippen LogP contribution in [0.3, 0.4) is 0 Å². The minimum atomic E-state index is -0.688. The van der Waals surface area contributed by atoms with Crippen molar-refractivity contribution in [2.45, 2.75) is 44.1 Å². The van der Waals surface area contributed by atoms with E-state index in [2.05, 4.69) is 0 Å². The zero-order valence-corrected chi connectivity index (χ0v) is 13.2. The molecule has 1 aromatic carbocycles. The van der Waals surface area contributed by atoms with E-state index in [9.17, 15) is 14.7 Å². The predicted octanol–water partition coefficient (Wildman–Crippen LogP) is 2.74. The monoisotopic (exact) mass is 314 g/mol. The number of hydrogen-bond acceptors (Lipinski definition) is 4. The summed E-state index contributed by atoms with van der Waals surface area (Å²) in [6, 6.07) is 8.89. The van der Waals surface area contributed by atoms with Crippen molar-refractivity contribution in [3.8, 4) is 0 Å². The molecule has 4 aliphatic carbocycles. The van der Waals surface area contributed by atoms with E-state index >= 15 is 0 Å². The number of hydrogen-bond donors (Lipinski definition) is 1. The largest absolute Gasteiger partial charge is 0.457 e. The number of Topliss-reactive ketones (excluding diaryl/α,β-unsaturated/α-hetero) is 1. The average molecular weight is 314 g/mol. The van der Waals surface area contributed by atoms with Crippen LogP contribution in [0, 0.1) is 17.3 Å². The fourth-order valence-corrected chi connectivity index (χ4v) is 5.44. The van der Waals surface area contributed by atoms with Crippen molar-refractivity contribution >= 4 is 11.8 Å². The fraction of sp³-hybridized carbons (Fsp3) is 0.579. The van der Waals surface area contributed by atoms with Gasteiger partial charge in [-0.3, -0.25) is 9.59 Å². The van der Waals surface area contributed by atoms with Crippen molar-refractivity contribution < 1.29 is 19.4 Å². The third-order valence-electron chi connectivity index (χ3n) is 5.89. The van der Waals surface area contributed by atoms with Crippen molar-refractivity contribution in [1.29, 1.82) is 0 Å². The molecule has 4 bridgehead atoms. The molecular formula is C19H22O4. The Morgan fingerprint density at radius 3 is 2.35 bits per heavy atom. The zero-order chi connectivity index (χ0) is 16.1. The van der Waals surface area contributed by atoms with E-state index in [4.69, 9.17) is 4.74 Å². The first-order valence-electron chi connectivity index (χ1n) is 8.46. The second-order valence-corrected chi connectivity index (χ2v) is 7.83. The van der Waals surface area contributed by atoms with Crippen LogP contribution in [0.5, 0.6) is 0 Å². The maximum Gasteiger partial charge on any atom is 0.312 e. The predicted molar refractivity (Wildman–Crippen MR) is 83.8 cm³/mol. The van der Waals surface area contributed by atoms with Crippen LogP contribution >= 0.6 is 0 Å². The minimum absolute atomic E-state index is 0.178. The van der Waals surface area contributed by atoms with Gasteiger partial charge in [0.1, 0.15) is 0 Å². The highest BCUT2D eigenvalue weighted by atomic mass is 16.5. The highest BCUT2D eigenvalue weighted by Gasteiger charge is 2.60. The van der Waals surface area contributed by atoms with Crippen LogP contribution in [0.15, 0.2) is 30.3 Å². The summed E-state index contributed by atoms with van der Waals surface area (Å²) in [5.41, 5.74) is -0.688. The van der Waals surface area contributed by atoms with Crippen molar-refractivity contribution in [3.63, 3.8) is 0 Å². The van der Waals surface area contributed by atoms with Gasteiger partial charge in [0.05, 0.1) is 11.0 Å². The van der Waals surface area contributed by atoms with Crippen LogP contribution in [-0.2, 0) is 9.53 Å². The fourth-order valence-electron chi connectivity index (χ4n) is 5.44. The van der Waals surface area contributed by atoms with Crippen molar-refractivity contribution in [2.75, 3.05) is 6.61 Å². The number of ketones is 1. The molecule has 0 spiro atoms. The molecule has 4 saturated carbocycles. The summed E-state index contributed by atoms with van der Waals surface area (Å²) in [5.74, 6) is 0.397. The number of aliphatic hydroxyl groups is 1. The summed E-state index contributed by atoms with van der Waals surface area (Å²) in [7, 11) is 0. The van der Waals surface area contributed by atoms with Crippen LogP contribution < -0.4 is 0 Å². The van der Waals surface area contributed by atoms with E-state index in [-0.39, 0.29) is 18.4 Å². The van der Waals surface area contributed by atoms with Gasteiger partial charge >= 0.3 is 5.97 Å². The van der Waals surface area contributed by atoms with E-state index in [1.54, 1.807) is 24.3 Å². The Bertz CT molecular complexity index is 622. The van der Waals surface area contributed by atoms with Gasteiger partial charge in [0, 0.05) is 5.56 Å². The quantitative estimate of drug-likeness (QED) is 0.685. The minimum Gasteiger partial charge on any atom is -0.457 e. The molecule has 2 unspecified atom stereocenters. The summed E-state index contributed by atoms with van der Waals surface area (Å²) < 4.78 is 5.39. The molecule has 4 heteroatoms. The lowest BCUT2D eigenvalue weighted by Gasteiger charge is -2.58. The van der Waals surface area contributed by atoms with Gasteiger partial charge in [-0.2, -0.15) is 0 Å². The second-order valence-electron chi connectivity index (χ2n) is 7.83. The Morgan fingerprint density at radius 1 is 1.09 bits per heavy atom. The molecule has 5 rings (SSSR count). The molecule has 0 aromatic heterocycles. The highest BCUT2D eigenvalue weighted by Crippen LogP contribution is 2.61. The van der Waals surface area contributed by atoms with E-state index in [0.717, 1.165) is 32.1 Å². The summed E-state index contributed by atoms with van der Waals surface area (Å²) in [6.07, 6.45) is 4.89. The molecule has 122 valence electrons. The van der Waals surface area contributed by atoms with Crippen LogP contribution in [0.4, 0.5) is 0 Å². The molecule has 1 N–H and O–H groups in total. The molecule has 1 aromatic rings. The molecule has 4 nitrogen and oxygen atoms in total. The Labute approximate surface area is 135 Å². The number of rotatable bonds is 4. The Balaban J connectivity index is 1.44. The summed E-state index contributed by atoms with van der Waals surface area (Å²) in [6.45, 7) is -0.210. The van der Waals surface area contributed by atoms with E-state index < -0.39 is 11.0 Å². The molecule has 0 amide bonds. The van der Waals surface area contributed by atoms with Crippen molar-refractivity contribution in [1.82, 2.24) is 0 Å². The molecular weight excluding hydrogens is 292 g/mol. The maximum absolute atomic E-state index is 12.7. The average Bonchev–Trinajstić information content (AvgIpc) is 2.50. The van der Waals surface area contributed by atoms with E-state index in [1.807, 2.05) is 6.07 Å². The SMILES string of the molecule is O=C(COC(=O)C12C[C@@H]3C[C@@H](CC(O)(C3)C1)C2)c1ccccc1. The van der Waals surface area contributed by atoms with Crippen LogP contribution in [0.25, 0.3) is 0 Å². The lowest BCUT2D eigenvalue weighted by molar-refractivity contribution is -0.195. The molecule has 23 heavy (non-hydrogen) atoms. The van der Waals surface area contributed by atoms with Gasteiger partial charge in [-0.15, -0.1) is 0 Å². The number of esters is 1. The first-order chi connectivity index (χ1) is 11.0. The third-order valence-corrected chi connectivity index (χ3v) is 5.89. The van der Waals surface area contributed by atoms with Crippen LogP contribution in [0.1, 0.15) is 48.9 Å². The smallest absolute Gasteiger partial charge is 0.312 e. The number of carbonyl (C=O) groups excluding carboxylic acids is 2. The summed E-state index contributed by atoms with van der Waals surface area (Å²) in [5, 5.41) is 10.7. The van der Waals surface area contributed by atoms with Gasteiger partial charge in [0.2, 0.25) is 0 Å². The van der Waals surface area contributed by atoms with Gasteiger partial charge in [0.25, 0.3) is 0 Å². The molecule has 4 aliphatic rings. The van der Waals surface area contributed by atoms with Gasteiger partial charge in [-0.05, 0) is 50.4 Å². The van der Waals surface area contributed by atoms with Crippen molar-refractivity contribution in [3.05, 3.63) is 35.9 Å².